The standard InChI is InChI=1S/C14H17F3N2O2/c15-10-7-12(17)11(16)6-9(10)2-1-3-14(20)19-4-5-21-8-13(19)18/h6-7,13H,1-5,8,18H2/t13-/m1/s1. The Morgan fingerprint density at radius 2 is 2.00 bits per heavy atom. The first-order valence-corrected chi connectivity index (χ1v) is 6.75. The number of ether oxygens (including phenoxy) is 1. The Hall–Kier alpha value is -1.60. The van der Waals surface area contributed by atoms with Crippen LogP contribution >= 0.6 is 0 Å². The lowest BCUT2D eigenvalue weighted by atomic mass is 10.1. The monoisotopic (exact) mass is 302 g/mol. The summed E-state index contributed by atoms with van der Waals surface area (Å²) in [5.74, 6) is -3.25. The van der Waals surface area contributed by atoms with Gasteiger partial charge in [-0.2, -0.15) is 0 Å². The Morgan fingerprint density at radius 1 is 1.29 bits per heavy atom. The zero-order chi connectivity index (χ0) is 15.4. The second-order valence-electron chi connectivity index (χ2n) is 4.94. The summed E-state index contributed by atoms with van der Waals surface area (Å²) < 4.78 is 44.4. The van der Waals surface area contributed by atoms with Crippen LogP contribution in [0.4, 0.5) is 13.2 Å². The van der Waals surface area contributed by atoms with E-state index in [1.165, 1.54) is 4.90 Å². The molecule has 1 amide bonds. The molecule has 1 atom stereocenters. The van der Waals surface area contributed by atoms with Gasteiger partial charge in [0.1, 0.15) is 12.0 Å². The maximum absolute atomic E-state index is 13.4. The Kier molecular flexibility index (Phi) is 5.19. The number of carbonyl (C=O) groups is 1. The highest BCUT2D eigenvalue weighted by Crippen LogP contribution is 2.16. The van der Waals surface area contributed by atoms with Crippen LogP contribution < -0.4 is 5.73 Å². The van der Waals surface area contributed by atoms with Crippen LogP contribution in [0.2, 0.25) is 0 Å². The SMILES string of the molecule is N[C@H]1COCCN1C(=O)CCCc1cc(F)c(F)cc1F. The van der Waals surface area contributed by atoms with Crippen LogP contribution in [-0.4, -0.2) is 36.7 Å². The van der Waals surface area contributed by atoms with Gasteiger partial charge in [-0.1, -0.05) is 0 Å². The number of nitrogens with zero attached hydrogens (tertiary/aromatic N) is 1. The molecule has 0 radical (unpaired) electrons. The Balaban J connectivity index is 1.86. The quantitative estimate of drug-likeness (QED) is 0.859. The van der Waals surface area contributed by atoms with Gasteiger partial charge in [0.15, 0.2) is 11.6 Å². The smallest absolute Gasteiger partial charge is 0.223 e. The first-order valence-electron chi connectivity index (χ1n) is 6.75. The van der Waals surface area contributed by atoms with E-state index in [1.54, 1.807) is 0 Å². The number of halogens is 3. The van der Waals surface area contributed by atoms with Crippen LogP contribution in [0.1, 0.15) is 18.4 Å². The van der Waals surface area contributed by atoms with Gasteiger partial charge < -0.3 is 15.4 Å². The van der Waals surface area contributed by atoms with Crippen molar-refractivity contribution < 1.29 is 22.7 Å². The molecule has 0 bridgehead atoms. The summed E-state index contributed by atoms with van der Waals surface area (Å²) in [6.45, 7) is 1.17. The van der Waals surface area contributed by atoms with E-state index in [4.69, 9.17) is 10.5 Å². The van der Waals surface area contributed by atoms with E-state index in [-0.39, 0.29) is 24.3 Å². The molecule has 1 saturated heterocycles. The van der Waals surface area contributed by atoms with Crippen LogP contribution in [0.3, 0.4) is 0 Å². The Morgan fingerprint density at radius 3 is 2.71 bits per heavy atom. The maximum atomic E-state index is 13.4. The van der Waals surface area contributed by atoms with Gasteiger partial charge in [-0.15, -0.1) is 0 Å². The number of aryl methyl sites for hydroxylation is 1. The first-order chi connectivity index (χ1) is 9.99. The number of hydrogen-bond donors (Lipinski definition) is 1. The van der Waals surface area contributed by atoms with Gasteiger partial charge in [0.25, 0.3) is 0 Å². The van der Waals surface area contributed by atoms with E-state index in [1.807, 2.05) is 0 Å². The van der Waals surface area contributed by atoms with Gasteiger partial charge in [0, 0.05) is 19.0 Å². The summed E-state index contributed by atoms with van der Waals surface area (Å²) in [6.07, 6.45) is 0.206. The highest BCUT2D eigenvalue weighted by molar-refractivity contribution is 5.76. The number of amides is 1. The summed E-state index contributed by atoms with van der Waals surface area (Å²) >= 11 is 0. The van der Waals surface area contributed by atoms with E-state index in [9.17, 15) is 18.0 Å². The van der Waals surface area contributed by atoms with Crippen LogP contribution in [0.15, 0.2) is 12.1 Å². The molecule has 4 nitrogen and oxygen atoms in total. The number of benzene rings is 1. The molecule has 0 saturated carbocycles. The van der Waals surface area contributed by atoms with Gasteiger partial charge in [-0.25, -0.2) is 13.2 Å². The molecule has 0 spiro atoms. The van der Waals surface area contributed by atoms with Gasteiger partial charge in [-0.05, 0) is 24.5 Å². The maximum Gasteiger partial charge on any atom is 0.223 e. The van der Waals surface area contributed by atoms with Crippen LogP contribution in [-0.2, 0) is 16.0 Å². The van der Waals surface area contributed by atoms with Gasteiger partial charge >= 0.3 is 0 Å². The van der Waals surface area contributed by atoms with Crippen molar-refractivity contribution in [2.24, 2.45) is 5.73 Å². The largest absolute Gasteiger partial charge is 0.376 e. The van der Waals surface area contributed by atoms with E-state index in [0.717, 1.165) is 6.07 Å². The van der Waals surface area contributed by atoms with E-state index >= 15 is 0 Å². The van der Waals surface area contributed by atoms with Gasteiger partial charge in [-0.3, -0.25) is 4.79 Å². The molecule has 1 aliphatic rings. The van der Waals surface area contributed by atoms with Gasteiger partial charge in [0.05, 0.1) is 13.2 Å². The zero-order valence-electron chi connectivity index (χ0n) is 11.4. The fourth-order valence-corrected chi connectivity index (χ4v) is 2.26. The average molecular weight is 302 g/mol. The van der Waals surface area contributed by atoms with Crippen LogP contribution in [0.25, 0.3) is 0 Å². The Labute approximate surface area is 120 Å². The number of rotatable bonds is 4. The fourth-order valence-electron chi connectivity index (χ4n) is 2.26. The minimum Gasteiger partial charge on any atom is -0.376 e. The predicted molar refractivity (Wildman–Crippen MR) is 69.8 cm³/mol. The topological polar surface area (TPSA) is 55.6 Å². The molecular weight excluding hydrogens is 285 g/mol. The van der Waals surface area contributed by atoms with Crippen molar-refractivity contribution >= 4 is 5.91 Å². The molecule has 0 aliphatic carbocycles. The molecular formula is C14H17F3N2O2. The highest BCUT2D eigenvalue weighted by atomic mass is 19.2. The first kappa shape index (κ1) is 15.8. The van der Waals surface area contributed by atoms with Crippen molar-refractivity contribution in [3.63, 3.8) is 0 Å². The van der Waals surface area contributed by atoms with Gasteiger partial charge in [0.2, 0.25) is 5.91 Å². The predicted octanol–water partition coefficient (Wildman–Crippen LogP) is 1.57. The molecule has 2 rings (SSSR count). The normalized spacial score (nSPS) is 18.9. The van der Waals surface area contributed by atoms with Crippen molar-refractivity contribution in [1.82, 2.24) is 4.90 Å². The Bertz CT molecular complexity index is 525. The molecule has 1 heterocycles. The molecule has 0 aromatic heterocycles. The fraction of sp³-hybridized carbons (Fsp3) is 0.500. The lowest BCUT2D eigenvalue weighted by molar-refractivity contribution is -0.139. The molecule has 116 valence electrons. The minimum absolute atomic E-state index is 0.0629. The molecule has 2 N–H and O–H groups in total. The van der Waals surface area contributed by atoms with Crippen molar-refractivity contribution in [3.05, 3.63) is 35.1 Å². The third-order valence-electron chi connectivity index (χ3n) is 3.41. The summed E-state index contributed by atoms with van der Waals surface area (Å²) in [5, 5.41) is 0. The number of morpholine rings is 1. The van der Waals surface area contributed by atoms with E-state index in [2.05, 4.69) is 0 Å². The number of nitrogens with two attached hydrogens (primary N) is 1. The molecule has 1 fully saturated rings. The molecule has 0 unspecified atom stereocenters. The molecule has 1 aromatic rings. The number of hydrogen-bond acceptors (Lipinski definition) is 3. The summed E-state index contributed by atoms with van der Waals surface area (Å²) in [4.78, 5) is 13.5. The number of carbonyl (C=O) groups excluding carboxylic acids is 1. The van der Waals surface area contributed by atoms with Crippen molar-refractivity contribution in [2.75, 3.05) is 19.8 Å². The minimum atomic E-state index is -1.22. The second-order valence-corrected chi connectivity index (χ2v) is 4.94. The van der Waals surface area contributed by atoms with E-state index < -0.39 is 23.6 Å². The third-order valence-corrected chi connectivity index (χ3v) is 3.41. The molecule has 1 aromatic carbocycles. The third kappa shape index (κ3) is 3.95. The van der Waals surface area contributed by atoms with Crippen LogP contribution in [0, 0.1) is 17.5 Å². The lowest BCUT2D eigenvalue weighted by Gasteiger charge is -2.33. The second kappa shape index (κ2) is 6.91. The average Bonchev–Trinajstić information content (AvgIpc) is 2.44. The molecule has 21 heavy (non-hydrogen) atoms. The van der Waals surface area contributed by atoms with E-state index in [0.29, 0.717) is 32.2 Å². The summed E-state index contributed by atoms with van der Waals surface area (Å²) in [7, 11) is 0. The summed E-state index contributed by atoms with van der Waals surface area (Å²) in [6, 6.07) is 1.35. The zero-order valence-corrected chi connectivity index (χ0v) is 11.4. The van der Waals surface area contributed by atoms with Crippen LogP contribution in [0.5, 0.6) is 0 Å². The van der Waals surface area contributed by atoms with Crippen molar-refractivity contribution in [3.8, 4) is 0 Å². The summed E-state index contributed by atoms with van der Waals surface area (Å²) in [5.41, 5.74) is 5.82. The molecule has 1 aliphatic heterocycles. The lowest BCUT2D eigenvalue weighted by Crippen LogP contribution is -2.53. The molecule has 7 heteroatoms. The van der Waals surface area contributed by atoms with Crippen molar-refractivity contribution in [1.29, 1.82) is 0 Å². The van der Waals surface area contributed by atoms with Crippen molar-refractivity contribution in [2.45, 2.75) is 25.4 Å². The highest BCUT2D eigenvalue weighted by Gasteiger charge is 2.23.